The Morgan fingerprint density at radius 1 is 0.759 bits per heavy atom. The van der Waals surface area contributed by atoms with E-state index in [1.54, 1.807) is 0 Å². The van der Waals surface area contributed by atoms with Crippen LogP contribution in [0.15, 0.2) is 12.4 Å². The summed E-state index contributed by atoms with van der Waals surface area (Å²) in [4.78, 5) is 0. The molecule has 0 saturated heterocycles. The van der Waals surface area contributed by atoms with E-state index in [2.05, 4.69) is 0 Å². The SMILES string of the molecule is Cc1n(CCCC(F)(F)C(F)(F)C(F)(F)C(F)(F)C(F)(F)C(F)(F)F)cc[n+]1C. The van der Waals surface area contributed by atoms with Gasteiger partial charge in [0.05, 0.1) is 13.6 Å². The molecule has 0 aliphatic heterocycles. The van der Waals surface area contributed by atoms with Crippen LogP contribution >= 0.6 is 0 Å². The molecule has 0 N–H and O–H groups in total. The first-order valence-corrected chi connectivity index (χ1v) is 7.62. The Kier molecular flexibility index (Phi) is 6.30. The molecule has 1 heterocycles. The maximum atomic E-state index is 13.6. The molecule has 0 bridgehead atoms. The van der Waals surface area contributed by atoms with Crippen molar-refractivity contribution in [2.45, 2.75) is 62.1 Å². The number of nitrogens with zero attached hydrogens (tertiary/aromatic N) is 2. The van der Waals surface area contributed by atoms with Gasteiger partial charge in [-0.3, -0.25) is 0 Å². The lowest BCUT2D eigenvalue weighted by atomic mass is 9.92. The molecule has 0 unspecified atom stereocenters. The predicted molar refractivity (Wildman–Crippen MR) is 70.4 cm³/mol. The number of halogens is 13. The van der Waals surface area contributed by atoms with Crippen molar-refractivity contribution < 1.29 is 61.6 Å². The van der Waals surface area contributed by atoms with Gasteiger partial charge in [0.2, 0.25) is 0 Å². The van der Waals surface area contributed by atoms with Gasteiger partial charge in [-0.15, -0.1) is 0 Å². The molecule has 1 rings (SSSR count). The summed E-state index contributed by atoms with van der Waals surface area (Å²) >= 11 is 0. The van der Waals surface area contributed by atoms with E-state index in [0.717, 1.165) is 0 Å². The molecular weight excluding hydrogens is 443 g/mol. The summed E-state index contributed by atoms with van der Waals surface area (Å²) in [6.45, 7) is 0.986. The van der Waals surface area contributed by atoms with Gasteiger partial charge >= 0.3 is 35.8 Å². The standard InChI is InChI=1S/C14H14F13N2/c1-8-28(2)6-7-29(8)5-3-4-9(15,16)10(17,18)11(19,20)12(21,22)13(23,24)14(25,26)27/h6-7H,3-5H2,1-2H3/q+1. The molecule has 29 heavy (non-hydrogen) atoms. The Morgan fingerprint density at radius 3 is 1.59 bits per heavy atom. The number of rotatable bonds is 8. The molecule has 1 aromatic rings. The molecule has 2 nitrogen and oxygen atoms in total. The van der Waals surface area contributed by atoms with Gasteiger partial charge in [0, 0.05) is 13.3 Å². The van der Waals surface area contributed by atoms with Gasteiger partial charge in [-0.05, 0) is 6.42 Å². The molecule has 170 valence electrons. The third kappa shape index (κ3) is 3.88. The van der Waals surface area contributed by atoms with E-state index < -0.39 is 55.2 Å². The molecule has 0 aliphatic carbocycles. The zero-order chi connectivity index (χ0) is 23.3. The smallest absolute Gasteiger partial charge is 0.237 e. The van der Waals surface area contributed by atoms with Crippen LogP contribution in [-0.4, -0.2) is 40.4 Å². The molecule has 0 spiro atoms. The molecule has 0 atom stereocenters. The van der Waals surface area contributed by atoms with Gasteiger partial charge in [0.25, 0.3) is 5.82 Å². The molecule has 0 amide bonds. The van der Waals surface area contributed by atoms with Crippen molar-refractivity contribution in [3.05, 3.63) is 18.2 Å². The highest BCUT2D eigenvalue weighted by Crippen LogP contribution is 2.60. The van der Waals surface area contributed by atoms with E-state index in [0.29, 0.717) is 5.82 Å². The van der Waals surface area contributed by atoms with E-state index in [1.807, 2.05) is 0 Å². The van der Waals surface area contributed by atoms with Crippen LogP contribution in [0.5, 0.6) is 0 Å². The minimum atomic E-state index is -7.85. The summed E-state index contributed by atoms with van der Waals surface area (Å²) < 4.78 is 171. The molecule has 1 aromatic heterocycles. The maximum absolute atomic E-state index is 13.6. The van der Waals surface area contributed by atoms with E-state index in [1.165, 1.54) is 35.5 Å². The van der Waals surface area contributed by atoms with E-state index in [9.17, 15) is 57.1 Å². The summed E-state index contributed by atoms with van der Waals surface area (Å²) in [6.07, 6.45) is -7.89. The molecule has 0 radical (unpaired) electrons. The highest BCUT2D eigenvalue weighted by Gasteiger charge is 2.90. The molecule has 15 heteroatoms. The van der Waals surface area contributed by atoms with Crippen molar-refractivity contribution in [2.24, 2.45) is 7.05 Å². The predicted octanol–water partition coefficient (Wildman–Crippen LogP) is 5.14. The van der Waals surface area contributed by atoms with E-state index in [4.69, 9.17) is 0 Å². The number of imidazole rings is 1. The van der Waals surface area contributed by atoms with Gasteiger partial charge in [-0.1, -0.05) is 0 Å². The van der Waals surface area contributed by atoms with Gasteiger partial charge in [0.1, 0.15) is 12.4 Å². The summed E-state index contributed by atoms with van der Waals surface area (Å²) in [5.41, 5.74) is 0. The largest absolute Gasteiger partial charge is 0.460 e. The molecule has 0 saturated carbocycles. The Balaban J connectivity index is 3.13. The number of hydrogen-bond acceptors (Lipinski definition) is 0. The highest BCUT2D eigenvalue weighted by atomic mass is 19.4. The van der Waals surface area contributed by atoms with Crippen molar-refractivity contribution >= 4 is 0 Å². The van der Waals surface area contributed by atoms with Crippen LogP contribution < -0.4 is 4.57 Å². The fourth-order valence-corrected chi connectivity index (χ4v) is 2.27. The van der Waals surface area contributed by atoms with Crippen molar-refractivity contribution in [3.63, 3.8) is 0 Å². The Labute approximate surface area is 154 Å². The number of aromatic nitrogens is 2. The summed E-state index contributed by atoms with van der Waals surface area (Å²) in [5, 5.41) is 0. The van der Waals surface area contributed by atoms with Crippen molar-refractivity contribution in [2.75, 3.05) is 0 Å². The molecular formula is C14H14F13N2+. The van der Waals surface area contributed by atoms with Crippen LogP contribution in [-0.2, 0) is 13.6 Å². The van der Waals surface area contributed by atoms with Crippen LogP contribution in [0.1, 0.15) is 18.7 Å². The fourth-order valence-electron chi connectivity index (χ4n) is 2.27. The highest BCUT2D eigenvalue weighted by molar-refractivity contribution is 5.10. The van der Waals surface area contributed by atoms with Crippen LogP contribution in [0, 0.1) is 6.92 Å². The van der Waals surface area contributed by atoms with Crippen LogP contribution in [0.2, 0.25) is 0 Å². The second-order valence-corrected chi connectivity index (χ2v) is 6.25. The topological polar surface area (TPSA) is 8.81 Å². The lowest BCUT2D eigenvalue weighted by Crippen LogP contribution is -2.70. The van der Waals surface area contributed by atoms with E-state index in [-0.39, 0.29) is 0 Å². The van der Waals surface area contributed by atoms with Crippen LogP contribution in [0.25, 0.3) is 0 Å². The minimum Gasteiger partial charge on any atom is -0.237 e. The van der Waals surface area contributed by atoms with Crippen LogP contribution in [0.3, 0.4) is 0 Å². The lowest BCUT2D eigenvalue weighted by Gasteiger charge is -2.39. The second-order valence-electron chi connectivity index (χ2n) is 6.25. The average molecular weight is 457 g/mol. The molecule has 0 fully saturated rings. The van der Waals surface area contributed by atoms with Crippen molar-refractivity contribution in [3.8, 4) is 0 Å². The second kappa shape index (κ2) is 7.22. The summed E-state index contributed by atoms with van der Waals surface area (Å²) in [7, 11) is 1.51. The first kappa shape index (κ1) is 25.3. The third-order valence-corrected chi connectivity index (χ3v) is 4.28. The first-order valence-electron chi connectivity index (χ1n) is 7.62. The first-order chi connectivity index (χ1) is 12.6. The Bertz CT molecular complexity index is 718. The minimum absolute atomic E-state index is 0.404. The maximum Gasteiger partial charge on any atom is 0.460 e. The van der Waals surface area contributed by atoms with Gasteiger partial charge < -0.3 is 0 Å². The zero-order valence-corrected chi connectivity index (χ0v) is 14.6. The molecule has 0 aromatic carbocycles. The Morgan fingerprint density at radius 2 is 1.21 bits per heavy atom. The zero-order valence-electron chi connectivity index (χ0n) is 14.6. The monoisotopic (exact) mass is 457 g/mol. The normalized spacial score (nSPS) is 15.1. The quantitative estimate of drug-likeness (QED) is 0.378. The van der Waals surface area contributed by atoms with Gasteiger partial charge in [0.15, 0.2) is 0 Å². The van der Waals surface area contributed by atoms with Gasteiger partial charge in [-0.2, -0.15) is 57.1 Å². The van der Waals surface area contributed by atoms with Crippen molar-refractivity contribution in [1.82, 2.24) is 4.57 Å². The molecule has 0 aliphatic rings. The van der Waals surface area contributed by atoms with Crippen LogP contribution in [0.4, 0.5) is 57.1 Å². The third-order valence-electron chi connectivity index (χ3n) is 4.28. The average Bonchev–Trinajstić information content (AvgIpc) is 2.85. The Hall–Kier alpha value is -1.70. The van der Waals surface area contributed by atoms with Crippen molar-refractivity contribution in [1.29, 1.82) is 0 Å². The van der Waals surface area contributed by atoms with E-state index >= 15 is 0 Å². The summed E-state index contributed by atoms with van der Waals surface area (Å²) in [6, 6.07) is 0. The number of aryl methyl sites for hydroxylation is 2. The number of hydrogen-bond donors (Lipinski definition) is 0. The summed E-state index contributed by atoms with van der Waals surface area (Å²) in [5.74, 6) is -36.1. The number of alkyl halides is 13. The van der Waals surface area contributed by atoms with Gasteiger partial charge in [-0.25, -0.2) is 9.13 Å². The fraction of sp³-hybridized carbons (Fsp3) is 0.786. The lowest BCUT2D eigenvalue weighted by molar-refractivity contribution is -0.677.